The molecule has 2 saturated heterocycles. The molecule has 7 heteroatoms. The molecule has 3 aromatic rings. The molecule has 2 fully saturated rings. The Morgan fingerprint density at radius 2 is 1.50 bits per heavy atom. The van der Waals surface area contributed by atoms with Gasteiger partial charge in [-0.25, -0.2) is 13.6 Å². The number of nitrogens with zero attached hydrogens (tertiary/aromatic N) is 2. The molecule has 1 amide bonds. The summed E-state index contributed by atoms with van der Waals surface area (Å²) < 4.78 is 31.7. The quantitative estimate of drug-likeness (QED) is 0.409. The number of anilines is 1. The zero-order valence-electron chi connectivity index (χ0n) is 19.0. The third kappa shape index (κ3) is 5.93. The molecule has 4 nitrogen and oxygen atoms in total. The minimum absolute atomic E-state index is 0.0321. The fourth-order valence-electron chi connectivity index (χ4n) is 4.39. The molecule has 2 aliphatic rings. The van der Waals surface area contributed by atoms with Gasteiger partial charge in [0.15, 0.2) is 0 Å². The molecule has 0 spiro atoms. The Bertz CT molecular complexity index is 1080. The number of hydrogen-bond donors (Lipinski definition) is 0. The van der Waals surface area contributed by atoms with Gasteiger partial charge in [0.1, 0.15) is 18.2 Å². The van der Waals surface area contributed by atoms with Crippen molar-refractivity contribution in [1.29, 1.82) is 0 Å². The van der Waals surface area contributed by atoms with E-state index in [1.165, 1.54) is 48.5 Å². The highest BCUT2D eigenvalue weighted by molar-refractivity contribution is 6.30. The average molecular weight is 485 g/mol. The van der Waals surface area contributed by atoms with Gasteiger partial charge in [0, 0.05) is 16.8 Å². The van der Waals surface area contributed by atoms with Gasteiger partial charge in [-0.05, 0) is 86.4 Å². The summed E-state index contributed by atoms with van der Waals surface area (Å²) in [5.41, 5.74) is 2.42. The number of rotatable bonds is 3. The second-order valence-corrected chi connectivity index (χ2v) is 9.07. The van der Waals surface area contributed by atoms with E-state index < -0.39 is 23.8 Å². The van der Waals surface area contributed by atoms with Crippen molar-refractivity contribution in [3.05, 3.63) is 101 Å². The lowest BCUT2D eigenvalue weighted by molar-refractivity contribution is 0.179. The molecule has 0 bridgehead atoms. The highest BCUT2D eigenvalue weighted by atomic mass is 35.5. The van der Waals surface area contributed by atoms with E-state index in [2.05, 4.69) is 42.3 Å². The zero-order chi connectivity index (χ0) is 24.1. The Morgan fingerprint density at radius 3 is 2.12 bits per heavy atom. The van der Waals surface area contributed by atoms with Gasteiger partial charge in [-0.2, -0.15) is 0 Å². The van der Waals surface area contributed by atoms with Crippen LogP contribution in [0.4, 0.5) is 19.3 Å². The first-order chi connectivity index (χ1) is 16.4. The number of halogens is 3. The lowest BCUT2D eigenvalue weighted by atomic mass is 9.90. The van der Waals surface area contributed by atoms with Crippen molar-refractivity contribution in [2.75, 3.05) is 31.6 Å². The molecular formula is C27H27ClF2N2O2. The van der Waals surface area contributed by atoms with E-state index in [0.717, 1.165) is 12.0 Å². The van der Waals surface area contributed by atoms with Crippen molar-refractivity contribution in [1.82, 2.24) is 4.90 Å². The van der Waals surface area contributed by atoms with Gasteiger partial charge in [0.25, 0.3) is 0 Å². The number of piperidine rings is 1. The maximum Gasteiger partial charge on any atom is 0.415 e. The van der Waals surface area contributed by atoms with Crippen LogP contribution in [0, 0.1) is 11.6 Å². The van der Waals surface area contributed by atoms with Crippen LogP contribution in [0.5, 0.6) is 0 Å². The van der Waals surface area contributed by atoms with Crippen molar-refractivity contribution in [2.45, 2.75) is 24.8 Å². The molecule has 3 aromatic carbocycles. The minimum Gasteiger partial charge on any atom is -0.447 e. The van der Waals surface area contributed by atoms with E-state index in [1.54, 1.807) is 24.3 Å². The predicted molar refractivity (Wildman–Crippen MR) is 130 cm³/mol. The molecular weight excluding hydrogens is 458 g/mol. The van der Waals surface area contributed by atoms with Gasteiger partial charge < -0.3 is 9.64 Å². The fourth-order valence-corrected chi connectivity index (χ4v) is 4.51. The van der Waals surface area contributed by atoms with Crippen molar-refractivity contribution in [3.63, 3.8) is 0 Å². The summed E-state index contributed by atoms with van der Waals surface area (Å²) >= 11 is 5.82. The minimum atomic E-state index is -0.694. The van der Waals surface area contributed by atoms with E-state index in [-0.39, 0.29) is 6.61 Å². The Morgan fingerprint density at radius 1 is 0.882 bits per heavy atom. The van der Waals surface area contributed by atoms with Gasteiger partial charge in [0.05, 0.1) is 6.04 Å². The summed E-state index contributed by atoms with van der Waals surface area (Å²) in [6.45, 7) is 2.53. The zero-order valence-corrected chi connectivity index (χ0v) is 19.7. The van der Waals surface area contributed by atoms with Gasteiger partial charge in [-0.3, -0.25) is 4.90 Å². The molecule has 0 aromatic heterocycles. The van der Waals surface area contributed by atoms with Gasteiger partial charge >= 0.3 is 6.09 Å². The predicted octanol–water partition coefficient (Wildman–Crippen LogP) is 6.81. The smallest absolute Gasteiger partial charge is 0.415 e. The van der Waals surface area contributed by atoms with Crippen LogP contribution in [0.2, 0.25) is 5.02 Å². The number of hydrogen-bond acceptors (Lipinski definition) is 3. The second kappa shape index (κ2) is 11.0. The summed E-state index contributed by atoms with van der Waals surface area (Å²) in [6.07, 6.45) is 2.08. The van der Waals surface area contributed by atoms with E-state index in [1.807, 2.05) is 0 Å². The number of likely N-dealkylation sites (tertiary alicyclic amines) is 1. The number of cyclic esters (lactones) is 1. The maximum atomic E-state index is 13.4. The van der Waals surface area contributed by atoms with Crippen LogP contribution in [-0.4, -0.2) is 37.7 Å². The summed E-state index contributed by atoms with van der Waals surface area (Å²) in [5, 5.41) is 0.527. The molecule has 2 heterocycles. The molecule has 0 radical (unpaired) electrons. The van der Waals surface area contributed by atoms with E-state index in [0.29, 0.717) is 16.3 Å². The van der Waals surface area contributed by atoms with Crippen LogP contribution in [0.1, 0.15) is 35.9 Å². The fraction of sp³-hybridized carbons (Fsp3) is 0.296. The van der Waals surface area contributed by atoms with Crippen LogP contribution in [0.3, 0.4) is 0 Å². The van der Waals surface area contributed by atoms with Crippen molar-refractivity contribution in [2.24, 2.45) is 0 Å². The third-order valence-electron chi connectivity index (χ3n) is 6.24. The summed E-state index contributed by atoms with van der Waals surface area (Å²) in [6, 6.07) is 20.1. The summed E-state index contributed by atoms with van der Waals surface area (Å²) in [5.74, 6) is -0.585. The molecule has 0 saturated carbocycles. The van der Waals surface area contributed by atoms with Crippen LogP contribution in [-0.2, 0) is 4.74 Å². The van der Waals surface area contributed by atoms with Gasteiger partial charge in [-0.1, -0.05) is 41.9 Å². The van der Waals surface area contributed by atoms with Crippen molar-refractivity contribution >= 4 is 23.4 Å². The molecule has 0 N–H and O–H groups in total. The molecule has 5 rings (SSSR count). The number of ether oxygens (including phenoxy) is 1. The van der Waals surface area contributed by atoms with Crippen LogP contribution in [0.25, 0.3) is 0 Å². The number of carbonyl (C=O) groups is 1. The van der Waals surface area contributed by atoms with Crippen LogP contribution < -0.4 is 4.90 Å². The highest BCUT2D eigenvalue weighted by Gasteiger charge is 2.35. The molecule has 0 aliphatic carbocycles. The topological polar surface area (TPSA) is 32.8 Å². The van der Waals surface area contributed by atoms with Gasteiger partial charge in [0.2, 0.25) is 0 Å². The standard InChI is InChI=1S/C15H10ClF2NO2.C12H17N/c16-10-1-3-13(4-2-10)19-14(8-21-15(19)20)9-5-11(17)7-12(18)6-9;1-13-9-7-12(8-10-13)11-5-3-2-4-6-11/h1-7,14H,8H2;2-6,12H,7-10H2,1H3/t14-;/m1./s1. The van der Waals surface area contributed by atoms with Crippen LogP contribution >= 0.6 is 11.6 Å². The number of carbonyl (C=O) groups excluding carboxylic acids is 1. The molecule has 178 valence electrons. The van der Waals surface area contributed by atoms with Crippen molar-refractivity contribution in [3.8, 4) is 0 Å². The third-order valence-corrected chi connectivity index (χ3v) is 6.49. The lowest BCUT2D eigenvalue weighted by Crippen LogP contribution is -2.29. The molecule has 2 aliphatic heterocycles. The first-order valence-electron chi connectivity index (χ1n) is 11.3. The highest BCUT2D eigenvalue weighted by Crippen LogP contribution is 2.34. The number of amides is 1. The summed E-state index contributed by atoms with van der Waals surface area (Å²) in [7, 11) is 2.21. The first-order valence-corrected chi connectivity index (χ1v) is 11.7. The van der Waals surface area contributed by atoms with Gasteiger partial charge in [-0.15, -0.1) is 0 Å². The SMILES string of the molecule is CN1CCC(c2ccccc2)CC1.O=C1OC[C@H](c2cc(F)cc(F)c2)N1c1ccc(Cl)cc1. The number of benzene rings is 3. The molecule has 0 unspecified atom stereocenters. The average Bonchev–Trinajstić information content (AvgIpc) is 3.22. The van der Waals surface area contributed by atoms with E-state index in [9.17, 15) is 13.6 Å². The van der Waals surface area contributed by atoms with Crippen molar-refractivity contribution < 1.29 is 18.3 Å². The normalized spacial score (nSPS) is 18.9. The lowest BCUT2D eigenvalue weighted by Gasteiger charge is -2.29. The second-order valence-electron chi connectivity index (χ2n) is 8.63. The Kier molecular flexibility index (Phi) is 7.80. The Hall–Kier alpha value is -2.96. The maximum absolute atomic E-state index is 13.4. The molecule has 1 atom stereocenters. The monoisotopic (exact) mass is 484 g/mol. The Balaban J connectivity index is 0.000000180. The summed E-state index contributed by atoms with van der Waals surface area (Å²) in [4.78, 5) is 15.7. The van der Waals surface area contributed by atoms with Crippen LogP contribution in [0.15, 0.2) is 72.8 Å². The molecule has 34 heavy (non-hydrogen) atoms. The Labute approximate surface area is 203 Å². The van der Waals surface area contributed by atoms with E-state index in [4.69, 9.17) is 16.3 Å². The largest absolute Gasteiger partial charge is 0.447 e. The first kappa shape index (κ1) is 24.2. The van der Waals surface area contributed by atoms with E-state index >= 15 is 0 Å².